The van der Waals surface area contributed by atoms with E-state index < -0.39 is 0 Å². The smallest absolute Gasteiger partial charge is 0.0273 e. The van der Waals surface area contributed by atoms with Gasteiger partial charge >= 0.3 is 0 Å². The molecule has 1 aromatic heterocycles. The van der Waals surface area contributed by atoms with Gasteiger partial charge in [0.05, 0.1) is 0 Å². The van der Waals surface area contributed by atoms with Crippen molar-refractivity contribution in [2.24, 2.45) is 0 Å². The maximum Gasteiger partial charge on any atom is 0.0273 e. The quantitative estimate of drug-likeness (QED) is 0.885. The third kappa shape index (κ3) is 2.74. The first-order valence-electron chi connectivity index (χ1n) is 6.84. The number of hydrogen-bond acceptors (Lipinski definition) is 2. The molecule has 2 heterocycles. The lowest BCUT2D eigenvalue weighted by Crippen LogP contribution is -2.23. The molecule has 0 spiro atoms. The zero-order valence-electron chi connectivity index (χ0n) is 11.0. The Kier molecular flexibility index (Phi) is 3.70. The standard InChI is InChI=1S/C17H18N2/c1-2-4-14(5-3-1)17(15-6-10-18-11-7-15)16-8-12-19-13-9-16/h1-7,10-11,19H,8-9,12-13H2. The van der Waals surface area contributed by atoms with Crippen molar-refractivity contribution in [2.75, 3.05) is 13.1 Å². The van der Waals surface area contributed by atoms with Crippen LogP contribution in [-0.4, -0.2) is 18.1 Å². The van der Waals surface area contributed by atoms with Crippen molar-refractivity contribution < 1.29 is 0 Å². The molecule has 1 saturated heterocycles. The van der Waals surface area contributed by atoms with Crippen molar-refractivity contribution in [1.29, 1.82) is 0 Å². The van der Waals surface area contributed by atoms with Crippen molar-refractivity contribution >= 4 is 5.57 Å². The van der Waals surface area contributed by atoms with E-state index in [1.165, 1.54) is 16.7 Å². The Morgan fingerprint density at radius 2 is 1.47 bits per heavy atom. The van der Waals surface area contributed by atoms with Gasteiger partial charge in [-0.2, -0.15) is 0 Å². The van der Waals surface area contributed by atoms with E-state index in [2.05, 4.69) is 52.8 Å². The van der Waals surface area contributed by atoms with Crippen LogP contribution >= 0.6 is 0 Å². The molecule has 2 heteroatoms. The van der Waals surface area contributed by atoms with Crippen LogP contribution in [0.4, 0.5) is 0 Å². The maximum absolute atomic E-state index is 4.13. The molecule has 1 N–H and O–H groups in total. The minimum absolute atomic E-state index is 1.08. The molecule has 2 nitrogen and oxygen atoms in total. The monoisotopic (exact) mass is 250 g/mol. The van der Waals surface area contributed by atoms with E-state index in [0.29, 0.717) is 0 Å². The number of rotatable bonds is 2. The predicted octanol–water partition coefficient (Wildman–Crippen LogP) is 3.27. The second-order valence-electron chi connectivity index (χ2n) is 4.83. The number of nitrogens with one attached hydrogen (secondary N) is 1. The summed E-state index contributed by atoms with van der Waals surface area (Å²) in [5.41, 5.74) is 5.53. The molecule has 0 bridgehead atoms. The van der Waals surface area contributed by atoms with Crippen LogP contribution in [0.5, 0.6) is 0 Å². The summed E-state index contributed by atoms with van der Waals surface area (Å²) in [6, 6.07) is 14.9. The van der Waals surface area contributed by atoms with E-state index in [1.807, 2.05) is 12.4 Å². The fourth-order valence-corrected chi connectivity index (χ4v) is 2.68. The van der Waals surface area contributed by atoms with Crippen LogP contribution in [0.3, 0.4) is 0 Å². The number of hydrogen-bond donors (Lipinski definition) is 1. The molecule has 1 aliphatic rings. The first-order chi connectivity index (χ1) is 9.45. The van der Waals surface area contributed by atoms with Crippen LogP contribution in [0.2, 0.25) is 0 Å². The van der Waals surface area contributed by atoms with Gasteiger partial charge in [0, 0.05) is 12.4 Å². The molecule has 96 valence electrons. The third-order valence-corrected chi connectivity index (χ3v) is 3.59. The van der Waals surface area contributed by atoms with Crippen LogP contribution in [0.15, 0.2) is 60.4 Å². The van der Waals surface area contributed by atoms with Gasteiger partial charge in [-0.05, 0) is 54.8 Å². The SMILES string of the molecule is c1ccc(C(=C2CCNCC2)c2ccncc2)cc1. The largest absolute Gasteiger partial charge is 0.316 e. The average molecular weight is 250 g/mol. The van der Waals surface area contributed by atoms with Crippen LogP contribution in [0, 0.1) is 0 Å². The van der Waals surface area contributed by atoms with Gasteiger partial charge in [-0.25, -0.2) is 0 Å². The van der Waals surface area contributed by atoms with Gasteiger partial charge in [0.15, 0.2) is 0 Å². The molecule has 2 aromatic rings. The summed E-state index contributed by atoms with van der Waals surface area (Å²) in [5.74, 6) is 0. The van der Waals surface area contributed by atoms with Crippen molar-refractivity contribution in [2.45, 2.75) is 12.8 Å². The fraction of sp³-hybridized carbons (Fsp3) is 0.235. The van der Waals surface area contributed by atoms with Gasteiger partial charge in [0.25, 0.3) is 0 Å². The molecule has 1 aromatic carbocycles. The number of pyridine rings is 1. The summed E-state index contributed by atoms with van der Waals surface area (Å²) in [7, 11) is 0. The Bertz CT molecular complexity index is 509. The van der Waals surface area contributed by atoms with Crippen LogP contribution in [0.25, 0.3) is 5.57 Å². The van der Waals surface area contributed by atoms with E-state index in [-0.39, 0.29) is 0 Å². The lowest BCUT2D eigenvalue weighted by Gasteiger charge is -2.21. The van der Waals surface area contributed by atoms with Gasteiger partial charge < -0.3 is 5.32 Å². The highest BCUT2D eigenvalue weighted by molar-refractivity contribution is 5.82. The predicted molar refractivity (Wildman–Crippen MR) is 78.8 cm³/mol. The average Bonchev–Trinajstić information content (AvgIpc) is 2.51. The Balaban J connectivity index is 2.11. The molecule has 0 amide bonds. The van der Waals surface area contributed by atoms with Crippen molar-refractivity contribution in [1.82, 2.24) is 10.3 Å². The highest BCUT2D eigenvalue weighted by Crippen LogP contribution is 2.30. The zero-order valence-corrected chi connectivity index (χ0v) is 11.0. The molecule has 0 saturated carbocycles. The number of aromatic nitrogens is 1. The lowest BCUT2D eigenvalue weighted by molar-refractivity contribution is 0.611. The van der Waals surface area contributed by atoms with E-state index in [1.54, 1.807) is 5.57 Å². The van der Waals surface area contributed by atoms with Crippen molar-refractivity contribution in [3.8, 4) is 0 Å². The first kappa shape index (κ1) is 12.1. The second kappa shape index (κ2) is 5.81. The molecule has 0 radical (unpaired) electrons. The summed E-state index contributed by atoms with van der Waals surface area (Å²) in [6.45, 7) is 2.16. The Hall–Kier alpha value is -1.93. The molecule has 0 unspecified atom stereocenters. The zero-order chi connectivity index (χ0) is 12.9. The highest BCUT2D eigenvalue weighted by atomic mass is 14.9. The Morgan fingerprint density at radius 3 is 2.16 bits per heavy atom. The van der Waals surface area contributed by atoms with Crippen molar-refractivity contribution in [3.05, 3.63) is 71.6 Å². The van der Waals surface area contributed by atoms with E-state index in [9.17, 15) is 0 Å². The topological polar surface area (TPSA) is 24.9 Å². The van der Waals surface area contributed by atoms with Gasteiger partial charge in [-0.15, -0.1) is 0 Å². The third-order valence-electron chi connectivity index (χ3n) is 3.59. The van der Waals surface area contributed by atoms with E-state index in [0.717, 1.165) is 25.9 Å². The molecule has 3 rings (SSSR count). The van der Waals surface area contributed by atoms with Crippen LogP contribution in [0.1, 0.15) is 24.0 Å². The summed E-state index contributed by atoms with van der Waals surface area (Å²) < 4.78 is 0. The van der Waals surface area contributed by atoms with Crippen LogP contribution < -0.4 is 5.32 Å². The molecule has 19 heavy (non-hydrogen) atoms. The van der Waals surface area contributed by atoms with Gasteiger partial charge in [-0.3, -0.25) is 4.98 Å². The minimum Gasteiger partial charge on any atom is -0.316 e. The normalized spacial score (nSPS) is 15.3. The van der Waals surface area contributed by atoms with Gasteiger partial charge in [0.2, 0.25) is 0 Å². The number of benzene rings is 1. The second-order valence-corrected chi connectivity index (χ2v) is 4.83. The summed E-state index contributed by atoms with van der Waals surface area (Å²) >= 11 is 0. The van der Waals surface area contributed by atoms with Gasteiger partial charge in [-0.1, -0.05) is 35.9 Å². The van der Waals surface area contributed by atoms with E-state index in [4.69, 9.17) is 0 Å². The Morgan fingerprint density at radius 1 is 0.842 bits per heavy atom. The highest BCUT2D eigenvalue weighted by Gasteiger charge is 2.14. The number of piperidine rings is 1. The summed E-state index contributed by atoms with van der Waals surface area (Å²) in [6.07, 6.45) is 6.01. The summed E-state index contributed by atoms with van der Waals surface area (Å²) in [4.78, 5) is 4.13. The van der Waals surface area contributed by atoms with Crippen LogP contribution in [-0.2, 0) is 0 Å². The fourth-order valence-electron chi connectivity index (χ4n) is 2.68. The number of nitrogens with zero attached hydrogens (tertiary/aromatic N) is 1. The van der Waals surface area contributed by atoms with Crippen molar-refractivity contribution in [3.63, 3.8) is 0 Å². The Labute approximate surface area is 114 Å². The first-order valence-corrected chi connectivity index (χ1v) is 6.84. The summed E-state index contributed by atoms with van der Waals surface area (Å²) in [5, 5.41) is 3.43. The van der Waals surface area contributed by atoms with E-state index >= 15 is 0 Å². The molecule has 0 atom stereocenters. The van der Waals surface area contributed by atoms with Gasteiger partial charge in [0.1, 0.15) is 0 Å². The molecular formula is C17H18N2. The molecule has 1 aliphatic heterocycles. The molecular weight excluding hydrogens is 232 g/mol. The molecule has 1 fully saturated rings. The molecule has 0 aliphatic carbocycles. The minimum atomic E-state index is 1.08. The lowest BCUT2D eigenvalue weighted by atomic mass is 9.89. The maximum atomic E-state index is 4.13.